The summed E-state index contributed by atoms with van der Waals surface area (Å²) in [4.78, 5) is 38.9. The van der Waals surface area contributed by atoms with E-state index in [1.165, 1.54) is 11.8 Å². The number of aliphatic hydroxyl groups is 1. The number of fused-ring (bicyclic) bond motifs is 4. The molecule has 3 aliphatic heterocycles. The molecular weight excluding hydrogens is 318 g/mol. The van der Waals surface area contributed by atoms with E-state index in [0.717, 1.165) is 0 Å². The smallest absolute Gasteiger partial charge is 0.404 e. The maximum atomic E-state index is 12.6. The van der Waals surface area contributed by atoms with Gasteiger partial charge in [0.15, 0.2) is 5.72 Å². The van der Waals surface area contributed by atoms with E-state index in [1.54, 1.807) is 0 Å². The highest BCUT2D eigenvalue weighted by molar-refractivity contribution is 6.50. The molecule has 9 nitrogen and oxygen atoms in total. The SMILES string of the molecule is CC1=C([O-])C2=C(C(=O)C1=O)[C@H](COC(N)=O)[C@@]1(O)[C@@H]3[C@H](CN21)N3C. The highest BCUT2D eigenvalue weighted by atomic mass is 16.5. The number of hydrogen-bond donors (Lipinski definition) is 2. The summed E-state index contributed by atoms with van der Waals surface area (Å²) in [5.74, 6) is -3.26. The van der Waals surface area contributed by atoms with E-state index >= 15 is 0 Å². The Kier molecular flexibility index (Phi) is 2.76. The molecule has 3 N–H and O–H groups in total. The number of rotatable bonds is 2. The zero-order valence-corrected chi connectivity index (χ0v) is 13.1. The van der Waals surface area contributed by atoms with Crippen molar-refractivity contribution in [2.24, 2.45) is 11.7 Å². The maximum Gasteiger partial charge on any atom is 0.404 e. The molecule has 0 aromatic rings. The molecule has 24 heavy (non-hydrogen) atoms. The van der Waals surface area contributed by atoms with Gasteiger partial charge in [-0.3, -0.25) is 14.5 Å². The fourth-order valence-corrected chi connectivity index (χ4v) is 4.35. The standard InChI is InChI=1S/C15H17N3O6/c1-5-10(19)9-8(12(21)11(5)20)6(4-24-14(16)22)15(23)13-7(17(13)2)3-18(9)15/h6-7,13,19,23H,3-4H2,1-2H3,(H2,16,22)/p-1/t6-,7-,13-,15+,17?/m0/s1. The quantitative estimate of drug-likeness (QED) is 0.320. The molecule has 2 saturated heterocycles. The topological polar surface area (TPSA) is 136 Å². The van der Waals surface area contributed by atoms with Crippen molar-refractivity contribution in [3.8, 4) is 0 Å². The van der Waals surface area contributed by atoms with Crippen LogP contribution in [0.4, 0.5) is 4.79 Å². The lowest BCUT2D eigenvalue weighted by molar-refractivity contribution is -0.303. The first-order chi connectivity index (χ1) is 11.2. The van der Waals surface area contributed by atoms with Crippen molar-refractivity contribution in [1.82, 2.24) is 9.80 Å². The van der Waals surface area contributed by atoms with Gasteiger partial charge in [-0.15, -0.1) is 0 Å². The average molecular weight is 334 g/mol. The number of carbonyl (C=O) groups excluding carboxylic acids is 3. The molecule has 3 heterocycles. The monoisotopic (exact) mass is 334 g/mol. The summed E-state index contributed by atoms with van der Waals surface area (Å²) >= 11 is 0. The number of nitrogens with zero attached hydrogens (tertiary/aromatic N) is 2. The van der Waals surface area contributed by atoms with Crippen LogP contribution in [0, 0.1) is 5.92 Å². The predicted molar refractivity (Wildman–Crippen MR) is 75.8 cm³/mol. The minimum absolute atomic E-state index is 0.0426. The highest BCUT2D eigenvalue weighted by Gasteiger charge is 2.73. The van der Waals surface area contributed by atoms with Crippen molar-refractivity contribution in [3.63, 3.8) is 0 Å². The van der Waals surface area contributed by atoms with E-state index in [4.69, 9.17) is 10.5 Å². The van der Waals surface area contributed by atoms with E-state index in [0.29, 0.717) is 6.54 Å². The molecule has 1 unspecified atom stereocenters. The summed E-state index contributed by atoms with van der Waals surface area (Å²) < 4.78 is 4.81. The number of carbonyl (C=O) groups is 3. The highest BCUT2D eigenvalue weighted by Crippen LogP contribution is 2.57. The summed E-state index contributed by atoms with van der Waals surface area (Å²) in [6, 6.07) is -0.262. The number of likely N-dealkylation sites (N-methyl/N-ethyl adjacent to an activating group) is 1. The van der Waals surface area contributed by atoms with E-state index in [-0.39, 0.29) is 35.5 Å². The second kappa shape index (κ2) is 4.37. The zero-order chi connectivity index (χ0) is 17.5. The van der Waals surface area contributed by atoms with Gasteiger partial charge in [0.1, 0.15) is 6.61 Å². The van der Waals surface area contributed by atoms with Crippen LogP contribution in [-0.4, -0.2) is 70.6 Å². The first-order valence-corrected chi connectivity index (χ1v) is 7.56. The number of allylic oxidation sites excluding steroid dienone is 1. The molecule has 4 aliphatic rings. The van der Waals surface area contributed by atoms with Crippen LogP contribution < -0.4 is 10.8 Å². The fraction of sp³-hybridized carbons (Fsp3) is 0.533. The molecule has 5 atom stereocenters. The normalized spacial score (nSPS) is 39.9. The second-order valence-corrected chi connectivity index (χ2v) is 6.63. The Balaban J connectivity index is 1.85. The lowest BCUT2D eigenvalue weighted by Gasteiger charge is -2.39. The Morgan fingerprint density at radius 3 is 2.75 bits per heavy atom. The average Bonchev–Trinajstić information content (AvgIpc) is 2.93. The molecule has 0 saturated carbocycles. The lowest BCUT2D eigenvalue weighted by Crippen LogP contribution is -2.53. The number of primary amides is 1. The van der Waals surface area contributed by atoms with Crippen LogP contribution in [0.25, 0.3) is 0 Å². The Morgan fingerprint density at radius 2 is 2.12 bits per heavy atom. The summed E-state index contributed by atoms with van der Waals surface area (Å²) in [6.45, 7) is 1.30. The first-order valence-electron chi connectivity index (χ1n) is 7.56. The summed E-state index contributed by atoms with van der Waals surface area (Å²) in [5.41, 5.74) is 3.25. The number of nitrogens with two attached hydrogens (primary N) is 1. The number of piperazine rings is 1. The lowest BCUT2D eigenvalue weighted by atomic mass is 9.82. The van der Waals surface area contributed by atoms with Crippen LogP contribution in [0.15, 0.2) is 22.6 Å². The van der Waals surface area contributed by atoms with Gasteiger partial charge in [0.05, 0.1) is 12.0 Å². The van der Waals surface area contributed by atoms with E-state index in [1.807, 2.05) is 11.9 Å². The molecule has 0 bridgehead atoms. The van der Waals surface area contributed by atoms with Gasteiger partial charge in [0.2, 0.25) is 11.6 Å². The maximum absolute atomic E-state index is 12.6. The van der Waals surface area contributed by atoms with E-state index < -0.39 is 35.1 Å². The second-order valence-electron chi connectivity index (χ2n) is 6.63. The van der Waals surface area contributed by atoms with Crippen molar-refractivity contribution in [1.29, 1.82) is 0 Å². The first kappa shape index (κ1) is 15.2. The van der Waals surface area contributed by atoms with Gasteiger partial charge in [0, 0.05) is 23.9 Å². The zero-order valence-electron chi connectivity index (χ0n) is 13.1. The third-order valence-electron chi connectivity index (χ3n) is 5.60. The van der Waals surface area contributed by atoms with Gasteiger partial charge < -0.3 is 25.6 Å². The number of hydrogen-bond acceptors (Lipinski definition) is 8. The number of ether oxygens (including phenoxy) is 1. The fourth-order valence-electron chi connectivity index (χ4n) is 4.35. The molecule has 9 heteroatoms. The van der Waals surface area contributed by atoms with Crippen molar-refractivity contribution in [2.75, 3.05) is 20.2 Å². The third-order valence-corrected chi connectivity index (χ3v) is 5.60. The van der Waals surface area contributed by atoms with E-state index in [9.17, 15) is 24.6 Å². The molecule has 0 aromatic carbocycles. The summed E-state index contributed by atoms with van der Waals surface area (Å²) in [6.07, 6.45) is -1.05. The van der Waals surface area contributed by atoms with Gasteiger partial charge in [-0.05, 0) is 19.5 Å². The molecule has 1 amide bonds. The van der Waals surface area contributed by atoms with Crippen LogP contribution in [0.2, 0.25) is 0 Å². The Hall–Kier alpha value is -2.39. The van der Waals surface area contributed by atoms with Crippen molar-refractivity contribution in [3.05, 3.63) is 22.6 Å². The van der Waals surface area contributed by atoms with Gasteiger partial charge >= 0.3 is 6.09 Å². The van der Waals surface area contributed by atoms with E-state index in [2.05, 4.69) is 0 Å². The minimum atomic E-state index is -1.57. The van der Waals surface area contributed by atoms with Gasteiger partial charge in [-0.25, -0.2) is 4.79 Å². The number of Topliss-reactive ketones (excluding diaryl/α,β-unsaturated/α-hetero) is 2. The molecule has 0 aromatic heterocycles. The molecule has 1 aliphatic carbocycles. The van der Waals surface area contributed by atoms with Crippen molar-refractivity contribution >= 4 is 17.7 Å². The van der Waals surface area contributed by atoms with Crippen LogP contribution in [0.1, 0.15) is 6.92 Å². The molecule has 0 spiro atoms. The summed E-state index contributed by atoms with van der Waals surface area (Å²) in [7, 11) is 1.82. The molecule has 2 fully saturated rings. The van der Waals surface area contributed by atoms with Crippen LogP contribution >= 0.6 is 0 Å². The molecule has 4 rings (SSSR count). The number of amides is 1. The minimum Gasteiger partial charge on any atom is -0.871 e. The van der Waals surface area contributed by atoms with Gasteiger partial charge in [0.25, 0.3) is 0 Å². The largest absolute Gasteiger partial charge is 0.871 e. The summed E-state index contributed by atoms with van der Waals surface area (Å²) in [5, 5.41) is 23.9. The Morgan fingerprint density at radius 1 is 1.46 bits per heavy atom. The van der Waals surface area contributed by atoms with Crippen LogP contribution in [-0.2, 0) is 14.3 Å². The van der Waals surface area contributed by atoms with Crippen molar-refractivity contribution < 1.29 is 29.3 Å². The molecule has 0 radical (unpaired) electrons. The third kappa shape index (κ3) is 1.53. The Labute approximate surface area is 136 Å². The van der Waals surface area contributed by atoms with Gasteiger partial charge in [-0.1, -0.05) is 5.76 Å². The van der Waals surface area contributed by atoms with Crippen molar-refractivity contribution in [2.45, 2.75) is 24.7 Å². The molecule has 128 valence electrons. The Bertz CT molecular complexity index is 771. The number of ketones is 2. The molecular formula is C15H16N3O6-. The van der Waals surface area contributed by atoms with Crippen LogP contribution in [0.3, 0.4) is 0 Å². The predicted octanol–water partition coefficient (Wildman–Crippen LogP) is -2.56. The van der Waals surface area contributed by atoms with Gasteiger partial charge in [-0.2, -0.15) is 0 Å². The van der Waals surface area contributed by atoms with Crippen LogP contribution in [0.5, 0.6) is 0 Å².